The van der Waals surface area contributed by atoms with Crippen LogP contribution in [0.2, 0.25) is 0 Å². The van der Waals surface area contributed by atoms with E-state index in [1.807, 2.05) is 36.4 Å². The average molecular weight is 720 g/mol. The minimum atomic E-state index is -3.82. The van der Waals surface area contributed by atoms with Crippen LogP contribution in [-0.2, 0) is 53.0 Å². The average Bonchev–Trinajstić information content (AvgIpc) is 3.06. The molecule has 3 amide bonds. The number of hydrogen-bond donors (Lipinski definition) is 3. The summed E-state index contributed by atoms with van der Waals surface area (Å²) in [5.74, 6) is -1.97. The molecule has 0 aromatic heterocycles. The van der Waals surface area contributed by atoms with Crippen LogP contribution in [0.15, 0.2) is 102 Å². The Morgan fingerprint density at radius 3 is 1.39 bits per heavy atom. The first-order valence-electron chi connectivity index (χ1n) is 16.7. The molecule has 3 rings (SSSR count). The summed E-state index contributed by atoms with van der Waals surface area (Å²) in [6.45, 7) is 12.7. The fourth-order valence-electron chi connectivity index (χ4n) is 4.92. The van der Waals surface area contributed by atoms with Gasteiger partial charge in [-0.15, -0.1) is 0 Å². The summed E-state index contributed by atoms with van der Waals surface area (Å²) in [4.78, 5) is 54.0. The zero-order chi connectivity index (χ0) is 37.8. The number of hydrogen-bond acceptors (Lipinski definition) is 8. The Labute approximate surface area is 301 Å². The van der Waals surface area contributed by atoms with Crippen molar-refractivity contribution in [3.8, 4) is 0 Å². The molecule has 12 heteroatoms. The number of ether oxygens (including phenoxy) is 2. The zero-order valence-electron chi connectivity index (χ0n) is 30.1. The molecule has 0 aliphatic rings. The minimum Gasteiger partial charge on any atom is -0.458 e. The highest BCUT2D eigenvalue weighted by molar-refractivity contribution is 7.96. The lowest BCUT2D eigenvalue weighted by atomic mass is 10.0. The second-order valence-electron chi connectivity index (χ2n) is 14.2. The predicted octanol–water partition coefficient (Wildman–Crippen LogP) is 4.85. The fraction of sp³-hybridized carbons (Fsp3) is 0.385. The Morgan fingerprint density at radius 2 is 1.00 bits per heavy atom. The normalized spacial score (nSPS) is 13.5. The summed E-state index contributed by atoms with van der Waals surface area (Å²) in [7, 11) is -3.82. The molecule has 0 heterocycles. The maximum atomic E-state index is 14.0. The van der Waals surface area contributed by atoms with E-state index in [0.29, 0.717) is 5.56 Å². The predicted molar refractivity (Wildman–Crippen MR) is 196 cm³/mol. The van der Waals surface area contributed by atoms with Crippen LogP contribution in [0.5, 0.6) is 0 Å². The van der Waals surface area contributed by atoms with E-state index in [1.54, 1.807) is 75.4 Å². The number of alkyl carbamates (subject to hydrolysis) is 1. The molecule has 0 fully saturated rings. The Kier molecular flexibility index (Phi) is 14.1. The van der Waals surface area contributed by atoms with E-state index in [9.17, 15) is 27.6 Å². The van der Waals surface area contributed by atoms with Gasteiger partial charge in [0.1, 0.15) is 30.3 Å². The van der Waals surface area contributed by atoms with Gasteiger partial charge in [-0.3, -0.25) is 9.59 Å². The second kappa shape index (κ2) is 17.8. The highest BCUT2D eigenvalue weighted by atomic mass is 32.2. The van der Waals surface area contributed by atoms with Crippen LogP contribution in [0.1, 0.15) is 58.2 Å². The zero-order valence-corrected chi connectivity index (χ0v) is 30.9. The highest BCUT2D eigenvalue weighted by Crippen LogP contribution is 2.22. The van der Waals surface area contributed by atoms with E-state index in [2.05, 4.69) is 22.5 Å². The molecule has 0 aliphatic carbocycles. The second-order valence-corrected chi connectivity index (χ2v) is 17.0. The summed E-state index contributed by atoms with van der Waals surface area (Å²) >= 11 is 0. The van der Waals surface area contributed by atoms with Gasteiger partial charge >= 0.3 is 12.1 Å². The van der Waals surface area contributed by atoms with E-state index in [-0.39, 0.29) is 24.2 Å². The molecular formula is C39H49N3O8S. The van der Waals surface area contributed by atoms with Gasteiger partial charge in [0.25, 0.3) is 0 Å². The molecule has 3 aromatic rings. The molecule has 51 heavy (non-hydrogen) atoms. The Morgan fingerprint density at radius 1 is 0.627 bits per heavy atom. The number of sulfone groups is 1. The van der Waals surface area contributed by atoms with Crippen molar-refractivity contribution in [3.05, 3.63) is 119 Å². The lowest BCUT2D eigenvalue weighted by Crippen LogP contribution is -2.57. The van der Waals surface area contributed by atoms with Gasteiger partial charge < -0.3 is 25.4 Å². The van der Waals surface area contributed by atoms with Crippen molar-refractivity contribution in [2.75, 3.05) is 6.61 Å². The third-order valence-corrected chi connectivity index (χ3v) is 10.1. The first kappa shape index (κ1) is 40.5. The third kappa shape index (κ3) is 13.0. The summed E-state index contributed by atoms with van der Waals surface area (Å²) < 4.78 is 35.1. The van der Waals surface area contributed by atoms with Crippen LogP contribution in [0.25, 0.3) is 0 Å². The monoisotopic (exact) mass is 719 g/mol. The molecule has 274 valence electrons. The molecule has 0 radical (unpaired) electrons. The number of esters is 1. The number of carbonyl (C=O) groups excluding carboxylic acids is 4. The van der Waals surface area contributed by atoms with Crippen LogP contribution in [0.3, 0.4) is 0 Å². The van der Waals surface area contributed by atoms with Crippen LogP contribution < -0.4 is 16.0 Å². The quantitative estimate of drug-likeness (QED) is 0.188. The van der Waals surface area contributed by atoms with Crippen molar-refractivity contribution in [3.63, 3.8) is 0 Å². The summed E-state index contributed by atoms with van der Waals surface area (Å²) in [5.41, 5.74) is 1.42. The first-order valence-corrected chi connectivity index (χ1v) is 18.1. The van der Waals surface area contributed by atoms with Crippen molar-refractivity contribution in [2.45, 2.75) is 89.3 Å². The Bertz CT molecular complexity index is 1750. The number of rotatable bonds is 15. The van der Waals surface area contributed by atoms with E-state index < -0.39 is 68.8 Å². The van der Waals surface area contributed by atoms with E-state index in [4.69, 9.17) is 9.47 Å². The fourth-order valence-corrected chi connectivity index (χ4v) is 6.00. The molecule has 0 spiro atoms. The highest BCUT2D eigenvalue weighted by Gasteiger charge is 2.34. The Hall–Kier alpha value is -4.97. The van der Waals surface area contributed by atoms with Gasteiger partial charge in [-0.2, -0.15) is 0 Å². The van der Waals surface area contributed by atoms with Crippen molar-refractivity contribution < 1.29 is 37.1 Å². The first-order chi connectivity index (χ1) is 23.9. The lowest BCUT2D eigenvalue weighted by Gasteiger charge is -2.27. The molecule has 0 saturated heterocycles. The largest absolute Gasteiger partial charge is 0.458 e. The lowest BCUT2D eigenvalue weighted by molar-refractivity contribution is -0.158. The standard InChI is InChI=1S/C39H49N3O8S/c1-27(51(47,48)39(5,6)7)26-49-37(46)42-32(24-29-19-13-9-14-20-29)35(44)40-31(23-28-17-11-8-12-18-28)34(43)41-33(36(45)50-38(2,3)4)25-30-21-15-10-16-22-30/h8-22,31-33H,1,23-26H2,2-7H3,(H,40,44)(H,41,43)(H,42,46)/t31-,32-,33-/m0/s1. The molecule has 3 atom stereocenters. The SMILES string of the molecule is C=C(COC(=O)N[C@@H](Cc1ccccc1)C(=O)N[C@@H](Cc1ccccc1)C(=O)N[C@@H](Cc1ccccc1)C(=O)OC(C)(C)C)S(=O)(=O)C(C)(C)C. The minimum absolute atomic E-state index is 0.0250. The van der Waals surface area contributed by atoms with Gasteiger partial charge in [-0.1, -0.05) is 97.6 Å². The molecule has 0 unspecified atom stereocenters. The van der Waals surface area contributed by atoms with Crippen molar-refractivity contribution >= 4 is 33.7 Å². The van der Waals surface area contributed by atoms with Gasteiger partial charge in [0.2, 0.25) is 11.8 Å². The number of nitrogens with one attached hydrogen (secondary N) is 3. The van der Waals surface area contributed by atoms with Crippen molar-refractivity contribution in [1.29, 1.82) is 0 Å². The molecular weight excluding hydrogens is 671 g/mol. The van der Waals surface area contributed by atoms with Crippen LogP contribution >= 0.6 is 0 Å². The molecule has 0 aliphatic heterocycles. The maximum absolute atomic E-state index is 14.0. The van der Waals surface area contributed by atoms with Crippen molar-refractivity contribution in [1.82, 2.24) is 16.0 Å². The molecule has 11 nitrogen and oxygen atoms in total. The van der Waals surface area contributed by atoms with Gasteiger partial charge in [-0.25, -0.2) is 18.0 Å². The number of benzene rings is 3. The smallest absolute Gasteiger partial charge is 0.408 e. The van der Waals surface area contributed by atoms with Gasteiger partial charge in [0.05, 0.1) is 9.65 Å². The maximum Gasteiger partial charge on any atom is 0.408 e. The molecule has 3 N–H and O–H groups in total. The summed E-state index contributed by atoms with van der Waals surface area (Å²) in [5, 5.41) is 8.09. The Balaban J connectivity index is 1.87. The number of amides is 3. The summed E-state index contributed by atoms with van der Waals surface area (Å²) in [6.07, 6.45) is -0.809. The van der Waals surface area contributed by atoms with Gasteiger partial charge in [0.15, 0.2) is 9.84 Å². The topological polar surface area (TPSA) is 157 Å². The number of carbonyl (C=O) groups is 4. The van der Waals surface area contributed by atoms with Crippen LogP contribution in [0, 0.1) is 0 Å². The van der Waals surface area contributed by atoms with Crippen molar-refractivity contribution in [2.24, 2.45) is 0 Å². The molecule has 0 saturated carbocycles. The van der Waals surface area contributed by atoms with E-state index in [0.717, 1.165) is 11.1 Å². The van der Waals surface area contributed by atoms with E-state index >= 15 is 0 Å². The van der Waals surface area contributed by atoms with Gasteiger partial charge in [0, 0.05) is 19.3 Å². The van der Waals surface area contributed by atoms with Crippen LogP contribution in [-0.4, -0.2) is 67.4 Å². The van der Waals surface area contributed by atoms with E-state index in [1.165, 1.54) is 20.8 Å². The molecule has 3 aromatic carbocycles. The molecule has 0 bridgehead atoms. The summed E-state index contributed by atoms with van der Waals surface area (Å²) in [6, 6.07) is 23.6. The van der Waals surface area contributed by atoms with Crippen LogP contribution in [0.4, 0.5) is 4.79 Å². The van der Waals surface area contributed by atoms with Gasteiger partial charge in [-0.05, 0) is 58.2 Å². The third-order valence-electron chi connectivity index (χ3n) is 7.65.